The van der Waals surface area contributed by atoms with Crippen molar-refractivity contribution in [3.8, 4) is 28.5 Å². The highest BCUT2D eigenvalue weighted by atomic mass is 19.1. The molecule has 36 heavy (non-hydrogen) atoms. The van der Waals surface area contributed by atoms with E-state index in [9.17, 15) is 9.18 Å². The average Bonchev–Trinajstić information content (AvgIpc) is 3.76. The molecule has 1 aliphatic carbocycles. The SMILES string of the molecule is COc1ncnc(C2CC2)c1-c1ncc2ccc(=O)n(Cc3ccc(-c4ncccc4F)cc3)c2n1. The van der Waals surface area contributed by atoms with Gasteiger partial charge in [-0.2, -0.15) is 0 Å². The maximum Gasteiger partial charge on any atom is 0.252 e. The molecule has 8 nitrogen and oxygen atoms in total. The van der Waals surface area contributed by atoms with Gasteiger partial charge in [0.05, 0.1) is 19.3 Å². The number of hydrogen-bond acceptors (Lipinski definition) is 7. The van der Waals surface area contributed by atoms with Crippen LogP contribution >= 0.6 is 0 Å². The summed E-state index contributed by atoms with van der Waals surface area (Å²) < 4.78 is 21.2. The highest BCUT2D eigenvalue weighted by molar-refractivity contribution is 5.78. The standard InChI is InChI=1S/C27H21FN6O2/c1-36-27-22(24(18-8-9-18)31-15-32-27)25-30-13-19-10-11-21(35)34(26(19)33-25)14-16-4-6-17(7-5-16)23-20(28)3-2-12-29-23/h2-7,10-13,15,18H,8-9,14H2,1H3. The van der Waals surface area contributed by atoms with Gasteiger partial charge in [0.15, 0.2) is 5.82 Å². The molecule has 0 aliphatic heterocycles. The molecule has 0 bridgehead atoms. The van der Waals surface area contributed by atoms with E-state index in [-0.39, 0.29) is 23.6 Å². The van der Waals surface area contributed by atoms with E-state index in [2.05, 4.69) is 19.9 Å². The summed E-state index contributed by atoms with van der Waals surface area (Å²) in [6.45, 7) is 0.287. The fourth-order valence-electron chi connectivity index (χ4n) is 4.31. The number of pyridine rings is 2. The van der Waals surface area contributed by atoms with Crippen LogP contribution < -0.4 is 10.3 Å². The third-order valence-corrected chi connectivity index (χ3v) is 6.27. The van der Waals surface area contributed by atoms with Crippen LogP contribution in [0.4, 0.5) is 4.39 Å². The van der Waals surface area contributed by atoms with Gasteiger partial charge < -0.3 is 4.74 Å². The van der Waals surface area contributed by atoms with Crippen LogP contribution in [0.5, 0.6) is 5.88 Å². The molecule has 6 rings (SSSR count). The van der Waals surface area contributed by atoms with Gasteiger partial charge in [-0.15, -0.1) is 0 Å². The van der Waals surface area contributed by atoms with Crippen molar-refractivity contribution in [3.05, 3.63) is 94.7 Å². The molecule has 0 saturated heterocycles. The number of hydrogen-bond donors (Lipinski definition) is 0. The van der Waals surface area contributed by atoms with E-state index < -0.39 is 0 Å². The zero-order valence-corrected chi connectivity index (χ0v) is 19.4. The minimum absolute atomic E-state index is 0.189. The van der Waals surface area contributed by atoms with E-state index in [4.69, 9.17) is 9.72 Å². The molecule has 0 atom stereocenters. The Balaban J connectivity index is 1.42. The summed E-state index contributed by atoms with van der Waals surface area (Å²) in [5.41, 5.74) is 3.65. The van der Waals surface area contributed by atoms with Gasteiger partial charge in [0.2, 0.25) is 5.88 Å². The molecule has 0 radical (unpaired) electrons. The molecule has 0 amide bonds. The predicted molar refractivity (Wildman–Crippen MR) is 132 cm³/mol. The van der Waals surface area contributed by atoms with E-state index >= 15 is 0 Å². The molecule has 178 valence electrons. The van der Waals surface area contributed by atoms with Crippen molar-refractivity contribution in [1.82, 2.24) is 29.5 Å². The van der Waals surface area contributed by atoms with E-state index in [1.165, 1.54) is 18.5 Å². The minimum atomic E-state index is -0.384. The van der Waals surface area contributed by atoms with Crippen LogP contribution in [0.3, 0.4) is 0 Å². The maximum absolute atomic E-state index is 14.1. The molecule has 5 aromatic rings. The Morgan fingerprint density at radius 1 is 1.03 bits per heavy atom. The Morgan fingerprint density at radius 2 is 1.86 bits per heavy atom. The molecule has 4 aromatic heterocycles. The van der Waals surface area contributed by atoms with Gasteiger partial charge >= 0.3 is 0 Å². The van der Waals surface area contributed by atoms with Gasteiger partial charge in [0, 0.05) is 35.3 Å². The van der Waals surface area contributed by atoms with Crippen LogP contribution in [-0.4, -0.2) is 36.6 Å². The molecule has 9 heteroatoms. The number of rotatable bonds is 6. The largest absolute Gasteiger partial charge is 0.480 e. The fourth-order valence-corrected chi connectivity index (χ4v) is 4.31. The Hall–Kier alpha value is -4.53. The summed E-state index contributed by atoms with van der Waals surface area (Å²) in [6.07, 6.45) is 6.84. The molecule has 4 heterocycles. The van der Waals surface area contributed by atoms with Crippen molar-refractivity contribution >= 4 is 11.0 Å². The highest BCUT2D eigenvalue weighted by Gasteiger charge is 2.31. The first-order valence-corrected chi connectivity index (χ1v) is 11.6. The Morgan fingerprint density at radius 3 is 2.61 bits per heavy atom. The van der Waals surface area contributed by atoms with E-state index in [1.807, 2.05) is 12.1 Å². The van der Waals surface area contributed by atoms with Crippen molar-refractivity contribution in [2.75, 3.05) is 7.11 Å². The monoisotopic (exact) mass is 480 g/mol. The number of benzene rings is 1. The van der Waals surface area contributed by atoms with Crippen molar-refractivity contribution in [2.45, 2.75) is 25.3 Å². The van der Waals surface area contributed by atoms with Crippen molar-refractivity contribution in [2.24, 2.45) is 0 Å². The zero-order valence-electron chi connectivity index (χ0n) is 19.4. The lowest BCUT2D eigenvalue weighted by molar-refractivity contribution is 0.397. The van der Waals surface area contributed by atoms with Crippen LogP contribution in [0.1, 0.15) is 30.0 Å². The van der Waals surface area contributed by atoms with Gasteiger partial charge in [-0.25, -0.2) is 24.3 Å². The lowest BCUT2D eigenvalue weighted by atomic mass is 10.1. The van der Waals surface area contributed by atoms with Crippen molar-refractivity contribution < 1.29 is 9.13 Å². The Kier molecular flexibility index (Phi) is 5.44. The number of nitrogens with zero attached hydrogens (tertiary/aromatic N) is 6. The number of aromatic nitrogens is 6. The fraction of sp³-hybridized carbons (Fsp3) is 0.185. The number of fused-ring (bicyclic) bond motifs is 1. The van der Waals surface area contributed by atoms with Gasteiger partial charge in [0.1, 0.15) is 29.0 Å². The first-order chi connectivity index (χ1) is 17.6. The number of halogens is 1. The van der Waals surface area contributed by atoms with Crippen molar-refractivity contribution in [1.29, 1.82) is 0 Å². The van der Waals surface area contributed by atoms with Crippen LogP contribution in [-0.2, 0) is 6.54 Å². The van der Waals surface area contributed by atoms with E-state index in [0.717, 1.165) is 29.5 Å². The normalized spacial score (nSPS) is 13.2. The smallest absolute Gasteiger partial charge is 0.252 e. The average molecular weight is 481 g/mol. The summed E-state index contributed by atoms with van der Waals surface area (Å²) in [5, 5.41) is 0.731. The second kappa shape index (κ2) is 8.92. The summed E-state index contributed by atoms with van der Waals surface area (Å²) in [4.78, 5) is 35.1. The van der Waals surface area contributed by atoms with Crippen LogP contribution in [0.25, 0.3) is 33.7 Å². The van der Waals surface area contributed by atoms with Crippen molar-refractivity contribution in [3.63, 3.8) is 0 Å². The molecule has 1 aliphatic rings. The Labute approximate surface area is 205 Å². The second-order valence-corrected chi connectivity index (χ2v) is 8.68. The third-order valence-electron chi connectivity index (χ3n) is 6.27. The third kappa shape index (κ3) is 3.98. The first kappa shape index (κ1) is 22.0. The zero-order chi connectivity index (χ0) is 24.6. The highest BCUT2D eigenvalue weighted by Crippen LogP contribution is 2.44. The van der Waals surface area contributed by atoms with Crippen LogP contribution in [0.15, 0.2) is 72.0 Å². The lowest BCUT2D eigenvalue weighted by Gasteiger charge is -2.13. The summed E-state index contributed by atoms with van der Waals surface area (Å²) >= 11 is 0. The van der Waals surface area contributed by atoms with Crippen LogP contribution in [0.2, 0.25) is 0 Å². The second-order valence-electron chi connectivity index (χ2n) is 8.68. The summed E-state index contributed by atoms with van der Waals surface area (Å²) in [5.74, 6) is 0.776. The van der Waals surface area contributed by atoms with Crippen LogP contribution in [0, 0.1) is 5.82 Å². The van der Waals surface area contributed by atoms with Gasteiger partial charge in [-0.3, -0.25) is 14.3 Å². The summed E-state index contributed by atoms with van der Waals surface area (Å²) in [7, 11) is 1.56. The molecule has 1 saturated carbocycles. The van der Waals surface area contributed by atoms with Gasteiger partial charge in [-0.05, 0) is 36.6 Å². The molecular weight excluding hydrogens is 459 g/mol. The molecular formula is C27H21FN6O2. The quantitative estimate of drug-likeness (QED) is 0.356. The molecule has 1 fully saturated rings. The van der Waals surface area contributed by atoms with Gasteiger partial charge in [0.25, 0.3) is 5.56 Å². The summed E-state index contributed by atoms with van der Waals surface area (Å²) in [6, 6.07) is 13.5. The topological polar surface area (TPSA) is 95.7 Å². The minimum Gasteiger partial charge on any atom is -0.480 e. The van der Waals surface area contributed by atoms with Gasteiger partial charge in [-0.1, -0.05) is 24.3 Å². The lowest BCUT2D eigenvalue weighted by Crippen LogP contribution is -2.21. The predicted octanol–water partition coefficient (Wildman–Crippen LogP) is 4.38. The maximum atomic E-state index is 14.1. The molecule has 1 aromatic carbocycles. The Bertz CT molecular complexity index is 1650. The molecule has 0 spiro atoms. The number of methoxy groups -OCH3 is 1. The molecule has 0 N–H and O–H groups in total. The number of ether oxygens (including phenoxy) is 1. The molecule has 0 unspecified atom stereocenters. The van der Waals surface area contributed by atoms with E-state index in [0.29, 0.717) is 34.4 Å². The van der Waals surface area contributed by atoms with E-state index in [1.54, 1.807) is 48.3 Å². The first-order valence-electron chi connectivity index (χ1n) is 11.6.